The average molecular weight is 773 g/mol. The van der Waals surface area contributed by atoms with Gasteiger partial charge in [0.15, 0.2) is 0 Å². The zero-order valence-corrected chi connectivity index (χ0v) is 31.7. The molecule has 0 saturated carbocycles. The summed E-state index contributed by atoms with van der Waals surface area (Å²) in [5, 5.41) is 27.9. The number of hydrogen-bond acceptors (Lipinski definition) is 9. The maximum absolute atomic E-state index is 12.7. The van der Waals surface area contributed by atoms with Crippen LogP contribution in [0.25, 0.3) is 0 Å². The van der Waals surface area contributed by atoms with E-state index in [9.17, 15) is 38.7 Å². The van der Waals surface area contributed by atoms with E-state index in [0.29, 0.717) is 60.4 Å². The van der Waals surface area contributed by atoms with Crippen LogP contribution in [-0.4, -0.2) is 106 Å². The third-order valence-electron chi connectivity index (χ3n) is 10.2. The molecule has 4 heterocycles. The highest BCUT2D eigenvalue weighted by Crippen LogP contribution is 2.34. The molecule has 1 aromatic carbocycles. The first kappa shape index (κ1) is 40.4. The first-order chi connectivity index (χ1) is 25.5. The zero-order chi connectivity index (χ0) is 37.7. The van der Waals surface area contributed by atoms with Crippen molar-refractivity contribution in [3.63, 3.8) is 0 Å². The number of unbranched alkanes of at least 4 members (excludes halogenated alkanes) is 2. The van der Waals surface area contributed by atoms with Crippen molar-refractivity contribution in [2.75, 3.05) is 24.6 Å². The van der Waals surface area contributed by atoms with E-state index in [0.717, 1.165) is 50.0 Å². The number of rotatable bonds is 23. The van der Waals surface area contributed by atoms with E-state index in [4.69, 9.17) is 0 Å². The molecular formula is C37H52N6O8S2. The van der Waals surface area contributed by atoms with E-state index in [-0.39, 0.29) is 90.9 Å². The zero-order valence-electron chi connectivity index (χ0n) is 30.0. The largest absolute Gasteiger partial charge is 0.478 e. The van der Waals surface area contributed by atoms with Gasteiger partial charge in [-0.1, -0.05) is 18.9 Å². The number of ketones is 2. The molecule has 6 amide bonds. The SMILES string of the molecule is O=C(CCCNC(=O)CCCCC1SCC2NC(=O)NC21)Cc1cc(CC(=O)CCCNC(=O)CCCCC2SCC3NC(=O)NC32)cc(C(=O)O)c1. The molecule has 53 heavy (non-hydrogen) atoms. The van der Waals surface area contributed by atoms with E-state index in [2.05, 4.69) is 31.9 Å². The Morgan fingerprint density at radius 2 is 1.08 bits per heavy atom. The van der Waals surface area contributed by atoms with Crippen molar-refractivity contribution in [1.29, 1.82) is 0 Å². The lowest BCUT2D eigenvalue weighted by molar-refractivity contribution is -0.122. The van der Waals surface area contributed by atoms with Crippen LogP contribution in [0.3, 0.4) is 0 Å². The van der Waals surface area contributed by atoms with Gasteiger partial charge >= 0.3 is 18.0 Å². The van der Waals surface area contributed by atoms with Gasteiger partial charge in [-0.25, -0.2) is 14.4 Å². The second-order valence-corrected chi connectivity index (χ2v) is 17.0. The fourth-order valence-electron chi connectivity index (χ4n) is 7.47. The molecule has 0 spiro atoms. The Balaban J connectivity index is 0.910. The molecule has 290 valence electrons. The molecule has 0 bridgehead atoms. The Kier molecular flexibility index (Phi) is 15.3. The molecule has 4 saturated heterocycles. The number of carboxylic acid groups (broad SMARTS) is 1. The second kappa shape index (κ2) is 20.0. The summed E-state index contributed by atoms with van der Waals surface area (Å²) in [6.07, 6.45) is 7.49. The number of Topliss-reactive ketones (excluding diaryl/α,β-unsaturated/α-hetero) is 2. The molecule has 7 N–H and O–H groups in total. The van der Waals surface area contributed by atoms with Gasteiger partial charge in [0.25, 0.3) is 0 Å². The Bertz CT molecular complexity index is 1430. The average Bonchev–Trinajstić information content (AvgIpc) is 3.87. The predicted molar refractivity (Wildman–Crippen MR) is 203 cm³/mol. The number of urea groups is 2. The lowest BCUT2D eigenvalue weighted by atomic mass is 9.97. The summed E-state index contributed by atoms with van der Waals surface area (Å²) in [4.78, 5) is 84.8. The minimum Gasteiger partial charge on any atom is -0.478 e. The van der Waals surface area contributed by atoms with Crippen molar-refractivity contribution in [3.05, 3.63) is 34.9 Å². The number of aromatic carboxylic acids is 1. The summed E-state index contributed by atoms with van der Waals surface area (Å²) in [6, 6.07) is 5.14. The Labute approximate surface area is 318 Å². The van der Waals surface area contributed by atoms with Crippen LogP contribution in [0.15, 0.2) is 18.2 Å². The third-order valence-corrected chi connectivity index (χ3v) is 13.2. The molecule has 14 nitrogen and oxygen atoms in total. The normalized spacial score (nSPS) is 24.0. The number of carbonyl (C=O) groups is 7. The van der Waals surface area contributed by atoms with Crippen LogP contribution in [0.5, 0.6) is 0 Å². The fourth-order valence-corrected chi connectivity index (χ4v) is 10.6. The Morgan fingerprint density at radius 1 is 0.623 bits per heavy atom. The molecule has 5 rings (SSSR count). The summed E-state index contributed by atoms with van der Waals surface area (Å²) >= 11 is 3.72. The maximum atomic E-state index is 12.7. The summed E-state index contributed by atoms with van der Waals surface area (Å²) in [7, 11) is 0. The number of thioether (sulfide) groups is 2. The van der Waals surface area contributed by atoms with Crippen LogP contribution in [-0.2, 0) is 32.0 Å². The maximum Gasteiger partial charge on any atom is 0.335 e. The molecule has 4 aliphatic rings. The van der Waals surface area contributed by atoms with Crippen molar-refractivity contribution in [1.82, 2.24) is 31.9 Å². The van der Waals surface area contributed by atoms with Crippen molar-refractivity contribution in [2.24, 2.45) is 0 Å². The molecular weight excluding hydrogens is 721 g/mol. The fraction of sp³-hybridized carbons (Fsp3) is 0.649. The minimum absolute atomic E-state index is 0.0182. The minimum atomic E-state index is -1.14. The molecule has 4 aliphatic heterocycles. The number of nitrogens with one attached hydrogen (secondary N) is 6. The van der Waals surface area contributed by atoms with E-state index in [1.54, 1.807) is 6.07 Å². The van der Waals surface area contributed by atoms with Gasteiger partial charge in [0.1, 0.15) is 11.6 Å². The second-order valence-electron chi connectivity index (χ2n) is 14.4. The molecule has 0 aromatic heterocycles. The van der Waals surface area contributed by atoms with Crippen LogP contribution >= 0.6 is 23.5 Å². The van der Waals surface area contributed by atoms with Crippen molar-refractivity contribution in [2.45, 2.75) is 125 Å². The van der Waals surface area contributed by atoms with E-state index < -0.39 is 5.97 Å². The highest BCUT2D eigenvalue weighted by atomic mass is 32.2. The lowest BCUT2D eigenvalue weighted by Crippen LogP contribution is -2.36. The summed E-state index contributed by atoms with van der Waals surface area (Å²) in [6.45, 7) is 0.751. The van der Waals surface area contributed by atoms with Gasteiger partial charge < -0.3 is 37.0 Å². The van der Waals surface area contributed by atoms with E-state index in [1.165, 1.54) is 12.1 Å². The smallest absolute Gasteiger partial charge is 0.335 e. The van der Waals surface area contributed by atoms with Crippen LogP contribution in [0, 0.1) is 0 Å². The third kappa shape index (κ3) is 12.7. The standard InChI is InChI=1S/C37H52N6O8S2/c44-25(7-5-13-38-31(46)11-3-1-9-29-33-27(20-52-29)40-36(50)42-33)18-22-15-23(17-24(16-22)35(48)49)19-26(45)8-6-14-39-32(47)12-4-2-10-30-34-28(21-53-30)41-37(51)43-34/h15-17,27-30,33-34H,1-14,18-21H2,(H,38,46)(H,39,47)(H,48,49)(H2,40,42,50)(H2,41,43,51). The number of hydrogen-bond donors (Lipinski definition) is 7. The van der Waals surface area contributed by atoms with Gasteiger partial charge in [-0.3, -0.25) is 19.2 Å². The topological polar surface area (TPSA) is 212 Å². The molecule has 16 heteroatoms. The van der Waals surface area contributed by atoms with Gasteiger partial charge in [-0.15, -0.1) is 0 Å². The number of carboxylic acids is 1. The van der Waals surface area contributed by atoms with Crippen LogP contribution in [0.1, 0.15) is 98.5 Å². The van der Waals surface area contributed by atoms with Gasteiger partial charge in [-0.05, 0) is 61.8 Å². The highest BCUT2D eigenvalue weighted by Gasteiger charge is 2.43. The summed E-state index contributed by atoms with van der Waals surface area (Å²) in [5.74, 6) is 0.408. The molecule has 6 unspecified atom stereocenters. The predicted octanol–water partition coefficient (Wildman–Crippen LogP) is 2.85. The molecule has 6 atom stereocenters. The monoisotopic (exact) mass is 772 g/mol. The van der Waals surface area contributed by atoms with Crippen LogP contribution < -0.4 is 31.9 Å². The molecule has 0 aliphatic carbocycles. The number of fused-ring (bicyclic) bond motifs is 2. The highest BCUT2D eigenvalue weighted by molar-refractivity contribution is 8.00. The van der Waals surface area contributed by atoms with E-state index >= 15 is 0 Å². The number of amides is 6. The summed E-state index contributed by atoms with van der Waals surface area (Å²) < 4.78 is 0. The Morgan fingerprint density at radius 3 is 1.51 bits per heavy atom. The first-order valence-corrected chi connectivity index (χ1v) is 20.9. The Hall–Kier alpha value is -3.79. The van der Waals surface area contributed by atoms with Crippen molar-refractivity contribution < 1.29 is 38.7 Å². The van der Waals surface area contributed by atoms with Crippen molar-refractivity contribution in [3.8, 4) is 0 Å². The molecule has 1 aromatic rings. The van der Waals surface area contributed by atoms with Crippen molar-refractivity contribution >= 4 is 64.9 Å². The molecule has 0 radical (unpaired) electrons. The number of benzene rings is 1. The lowest BCUT2D eigenvalue weighted by Gasteiger charge is -2.16. The van der Waals surface area contributed by atoms with E-state index in [1.807, 2.05) is 23.5 Å². The van der Waals surface area contributed by atoms with Crippen LogP contribution in [0.4, 0.5) is 9.59 Å². The number of carbonyl (C=O) groups excluding carboxylic acids is 6. The van der Waals surface area contributed by atoms with Gasteiger partial charge in [0.2, 0.25) is 11.8 Å². The van der Waals surface area contributed by atoms with Gasteiger partial charge in [0, 0.05) is 73.6 Å². The van der Waals surface area contributed by atoms with Gasteiger partial charge in [-0.2, -0.15) is 23.5 Å². The van der Waals surface area contributed by atoms with Gasteiger partial charge in [0.05, 0.1) is 29.7 Å². The molecule has 4 fully saturated rings. The first-order valence-electron chi connectivity index (χ1n) is 18.8. The summed E-state index contributed by atoms with van der Waals surface area (Å²) in [5.41, 5.74) is 1.08. The van der Waals surface area contributed by atoms with Crippen LogP contribution in [0.2, 0.25) is 0 Å². The quantitative estimate of drug-likeness (QED) is 0.0639.